The molecule has 1 aliphatic rings. The van der Waals surface area contributed by atoms with Gasteiger partial charge in [0.15, 0.2) is 5.82 Å². The van der Waals surface area contributed by atoms with Gasteiger partial charge in [0.1, 0.15) is 17.1 Å². The highest BCUT2D eigenvalue weighted by Crippen LogP contribution is 2.33. The summed E-state index contributed by atoms with van der Waals surface area (Å²) in [7, 11) is 0. The van der Waals surface area contributed by atoms with Gasteiger partial charge in [-0.2, -0.15) is 5.10 Å². The number of hydrogen-bond donors (Lipinski definition) is 3. The quantitative estimate of drug-likeness (QED) is 0.399. The van der Waals surface area contributed by atoms with Gasteiger partial charge in [-0.05, 0) is 44.9 Å². The summed E-state index contributed by atoms with van der Waals surface area (Å²) in [6, 6.07) is 5.91. The topological polar surface area (TPSA) is 108 Å². The number of benzene rings is 1. The molecule has 0 spiro atoms. The van der Waals surface area contributed by atoms with Crippen molar-refractivity contribution in [2.75, 3.05) is 5.32 Å². The number of aromatic nitrogens is 3. The molecule has 0 atom stereocenters. The van der Waals surface area contributed by atoms with Crippen molar-refractivity contribution in [2.45, 2.75) is 45.1 Å². The molecule has 31 heavy (non-hydrogen) atoms. The maximum Gasteiger partial charge on any atom is 0.263 e. The SMILES string of the molecule is Cc1oncc1C(=O)NC(=NC1(C)CCCC1)Nc1cc(-c2cc(F)cc(Cl)c2)[nH]n1. The number of nitrogens with zero attached hydrogens (tertiary/aromatic N) is 3. The molecule has 2 heterocycles. The third kappa shape index (κ3) is 4.93. The second kappa shape index (κ2) is 8.50. The lowest BCUT2D eigenvalue weighted by Crippen LogP contribution is -2.38. The largest absolute Gasteiger partial charge is 0.361 e. The number of aryl methyl sites for hydroxylation is 1. The van der Waals surface area contributed by atoms with Crippen LogP contribution in [0.3, 0.4) is 0 Å². The van der Waals surface area contributed by atoms with Crippen molar-refractivity contribution in [3.05, 3.63) is 52.6 Å². The molecule has 3 aromatic rings. The number of carbonyl (C=O) groups is 1. The molecule has 162 valence electrons. The number of guanidine groups is 1. The number of carbonyl (C=O) groups excluding carboxylic acids is 1. The molecule has 10 heteroatoms. The van der Waals surface area contributed by atoms with Crippen molar-refractivity contribution in [1.29, 1.82) is 0 Å². The van der Waals surface area contributed by atoms with Crippen LogP contribution in [0.25, 0.3) is 11.3 Å². The smallest absolute Gasteiger partial charge is 0.263 e. The number of amides is 1. The van der Waals surface area contributed by atoms with E-state index in [1.54, 1.807) is 19.1 Å². The molecule has 1 aromatic carbocycles. The van der Waals surface area contributed by atoms with E-state index in [0.717, 1.165) is 25.7 Å². The summed E-state index contributed by atoms with van der Waals surface area (Å²) in [5, 5.41) is 16.8. The molecule has 0 aliphatic heterocycles. The Morgan fingerprint density at radius 1 is 1.29 bits per heavy atom. The zero-order valence-corrected chi connectivity index (χ0v) is 17.9. The van der Waals surface area contributed by atoms with E-state index in [4.69, 9.17) is 21.1 Å². The van der Waals surface area contributed by atoms with Crippen LogP contribution >= 0.6 is 11.6 Å². The van der Waals surface area contributed by atoms with Crippen molar-refractivity contribution in [3.8, 4) is 11.3 Å². The van der Waals surface area contributed by atoms with E-state index in [2.05, 4.69) is 32.9 Å². The third-order valence-corrected chi connectivity index (χ3v) is 5.51. The van der Waals surface area contributed by atoms with Crippen molar-refractivity contribution in [1.82, 2.24) is 20.7 Å². The monoisotopic (exact) mass is 444 g/mol. The molecule has 1 amide bonds. The maximum atomic E-state index is 13.7. The number of aliphatic imine (C=N–C) groups is 1. The fourth-order valence-electron chi connectivity index (χ4n) is 3.66. The molecule has 0 bridgehead atoms. The molecular formula is C21H22ClFN6O2. The van der Waals surface area contributed by atoms with Crippen molar-refractivity contribution < 1.29 is 13.7 Å². The summed E-state index contributed by atoms with van der Waals surface area (Å²) >= 11 is 5.95. The highest BCUT2D eigenvalue weighted by Gasteiger charge is 2.29. The summed E-state index contributed by atoms with van der Waals surface area (Å²) in [5.41, 5.74) is 1.16. The van der Waals surface area contributed by atoms with E-state index in [9.17, 15) is 9.18 Å². The van der Waals surface area contributed by atoms with Crippen LogP contribution in [-0.4, -0.2) is 32.8 Å². The van der Waals surface area contributed by atoms with Crippen LogP contribution in [-0.2, 0) is 0 Å². The molecule has 1 fully saturated rings. The molecule has 0 saturated heterocycles. The van der Waals surface area contributed by atoms with Gasteiger partial charge < -0.3 is 9.84 Å². The van der Waals surface area contributed by atoms with Gasteiger partial charge in [0, 0.05) is 16.7 Å². The van der Waals surface area contributed by atoms with Crippen LogP contribution in [0.2, 0.25) is 5.02 Å². The van der Waals surface area contributed by atoms with Crippen LogP contribution in [0.1, 0.15) is 48.7 Å². The third-order valence-electron chi connectivity index (χ3n) is 5.29. The maximum absolute atomic E-state index is 13.7. The molecular weight excluding hydrogens is 423 g/mol. The number of hydrogen-bond acceptors (Lipinski definition) is 5. The van der Waals surface area contributed by atoms with Gasteiger partial charge in [0.25, 0.3) is 5.91 Å². The second-order valence-electron chi connectivity index (χ2n) is 7.86. The number of nitrogens with one attached hydrogen (secondary N) is 3. The van der Waals surface area contributed by atoms with E-state index >= 15 is 0 Å². The lowest BCUT2D eigenvalue weighted by molar-refractivity contribution is 0.0975. The standard InChI is InChI=1S/C21H22ClFN6O2/c1-12-16(11-24-31-12)19(30)26-20(27-21(2)5-3-4-6-21)25-18-10-17(28-29-18)13-7-14(22)9-15(23)8-13/h7-11H,3-6H2,1-2H3,(H3,25,26,27,28,29,30). The Labute approximate surface area is 183 Å². The number of aromatic amines is 1. The first kappa shape index (κ1) is 21.0. The highest BCUT2D eigenvalue weighted by molar-refractivity contribution is 6.30. The average Bonchev–Trinajstić information content (AvgIpc) is 3.42. The van der Waals surface area contributed by atoms with Crippen molar-refractivity contribution in [3.63, 3.8) is 0 Å². The Bertz CT molecular complexity index is 1110. The molecule has 0 radical (unpaired) electrons. The second-order valence-corrected chi connectivity index (χ2v) is 8.30. The predicted molar refractivity (Wildman–Crippen MR) is 116 cm³/mol. The molecule has 1 saturated carbocycles. The average molecular weight is 445 g/mol. The lowest BCUT2D eigenvalue weighted by atomic mass is 10.0. The Hall–Kier alpha value is -3.20. The summed E-state index contributed by atoms with van der Waals surface area (Å²) in [5.74, 6) is 0.260. The van der Waals surface area contributed by atoms with Gasteiger partial charge in [-0.15, -0.1) is 0 Å². The zero-order chi connectivity index (χ0) is 22.0. The Balaban J connectivity index is 1.59. The molecule has 1 aliphatic carbocycles. The Morgan fingerprint density at radius 2 is 2.06 bits per heavy atom. The summed E-state index contributed by atoms with van der Waals surface area (Å²) < 4.78 is 18.7. The van der Waals surface area contributed by atoms with E-state index in [0.29, 0.717) is 28.4 Å². The molecule has 0 unspecified atom stereocenters. The minimum Gasteiger partial charge on any atom is -0.361 e. The van der Waals surface area contributed by atoms with E-state index < -0.39 is 5.82 Å². The number of rotatable bonds is 4. The first-order valence-electron chi connectivity index (χ1n) is 9.93. The van der Waals surface area contributed by atoms with E-state index in [1.165, 1.54) is 18.3 Å². The minimum atomic E-state index is -0.445. The normalized spacial score (nSPS) is 15.8. The van der Waals surface area contributed by atoms with Gasteiger partial charge in [0.2, 0.25) is 5.96 Å². The first-order chi connectivity index (χ1) is 14.8. The van der Waals surface area contributed by atoms with Crippen LogP contribution < -0.4 is 10.6 Å². The number of H-pyrrole nitrogens is 1. The van der Waals surface area contributed by atoms with E-state index in [-0.39, 0.29) is 22.4 Å². The summed E-state index contributed by atoms with van der Waals surface area (Å²) in [6.07, 6.45) is 5.37. The van der Waals surface area contributed by atoms with Crippen LogP contribution in [0.5, 0.6) is 0 Å². The first-order valence-corrected chi connectivity index (χ1v) is 10.3. The van der Waals surface area contributed by atoms with Gasteiger partial charge in [-0.3, -0.25) is 15.2 Å². The Kier molecular flexibility index (Phi) is 5.77. The summed E-state index contributed by atoms with van der Waals surface area (Å²) in [4.78, 5) is 17.5. The van der Waals surface area contributed by atoms with Gasteiger partial charge >= 0.3 is 0 Å². The van der Waals surface area contributed by atoms with E-state index in [1.807, 2.05) is 0 Å². The van der Waals surface area contributed by atoms with Crippen LogP contribution in [0, 0.1) is 12.7 Å². The molecule has 4 rings (SSSR count). The van der Waals surface area contributed by atoms with Gasteiger partial charge in [0.05, 0.1) is 17.4 Å². The van der Waals surface area contributed by atoms with Gasteiger partial charge in [-0.1, -0.05) is 29.6 Å². The fraction of sp³-hybridized carbons (Fsp3) is 0.333. The molecule has 8 nitrogen and oxygen atoms in total. The predicted octanol–water partition coefficient (Wildman–Crippen LogP) is 4.70. The van der Waals surface area contributed by atoms with Crippen molar-refractivity contribution in [2.24, 2.45) is 4.99 Å². The van der Waals surface area contributed by atoms with Crippen LogP contribution in [0.4, 0.5) is 10.2 Å². The Morgan fingerprint density at radius 3 is 2.74 bits per heavy atom. The molecule has 3 N–H and O–H groups in total. The fourth-order valence-corrected chi connectivity index (χ4v) is 3.88. The van der Waals surface area contributed by atoms with Gasteiger partial charge in [-0.25, -0.2) is 9.38 Å². The summed E-state index contributed by atoms with van der Waals surface area (Å²) in [6.45, 7) is 3.72. The minimum absolute atomic E-state index is 0.269. The van der Waals surface area contributed by atoms with Crippen LogP contribution in [0.15, 0.2) is 40.0 Å². The van der Waals surface area contributed by atoms with Crippen molar-refractivity contribution >= 4 is 29.3 Å². The number of halogens is 2. The highest BCUT2D eigenvalue weighted by atomic mass is 35.5. The number of anilines is 1. The zero-order valence-electron chi connectivity index (χ0n) is 17.1. The lowest BCUT2D eigenvalue weighted by Gasteiger charge is -2.20. The molecule has 2 aromatic heterocycles.